The molecule has 0 saturated heterocycles. The number of fused-ring (bicyclic) bond motifs is 1. The summed E-state index contributed by atoms with van der Waals surface area (Å²) in [5.74, 6) is -5.08. The second-order valence-electron chi connectivity index (χ2n) is 7.38. The highest BCUT2D eigenvalue weighted by molar-refractivity contribution is 5.96. The Morgan fingerprint density at radius 2 is 1.79 bits per heavy atom. The summed E-state index contributed by atoms with van der Waals surface area (Å²) >= 11 is 0. The predicted octanol–water partition coefficient (Wildman–Crippen LogP) is 3.55. The van der Waals surface area contributed by atoms with E-state index in [1.807, 2.05) is 0 Å². The first kappa shape index (κ1) is 23.6. The molecule has 33 heavy (non-hydrogen) atoms. The normalized spacial score (nSPS) is 10.9. The van der Waals surface area contributed by atoms with Crippen molar-refractivity contribution in [1.29, 1.82) is 0 Å². The van der Waals surface area contributed by atoms with Gasteiger partial charge in [-0.1, -0.05) is 0 Å². The third kappa shape index (κ3) is 4.34. The van der Waals surface area contributed by atoms with E-state index >= 15 is 8.78 Å². The SMILES string of the molecule is CC(=O)Nc1c(-c2cc(=O)c3c(N)c(F)c(COC(C)=O)c(F)c3o2)ccc(N(C)C)c1F. The van der Waals surface area contributed by atoms with Gasteiger partial charge in [-0.25, -0.2) is 13.2 Å². The standard InChI is InChI=1S/C22H20F3N3O5/c1-9(29)27-21-11(5-6-13(19(21)25)28(3)4)15-7-14(31)16-20(26)17(23)12(8-32-10(2)30)18(24)22(16)33-15/h5-7H,8,26H2,1-4H3,(H,27,29). The minimum absolute atomic E-state index is 0.0591. The van der Waals surface area contributed by atoms with Crippen LogP contribution in [0.3, 0.4) is 0 Å². The summed E-state index contributed by atoms with van der Waals surface area (Å²) in [6.07, 6.45) is 0. The number of amides is 1. The quantitative estimate of drug-likeness (QED) is 0.439. The van der Waals surface area contributed by atoms with Gasteiger partial charge in [0, 0.05) is 39.6 Å². The largest absolute Gasteiger partial charge is 0.461 e. The molecule has 1 amide bonds. The Kier molecular flexibility index (Phi) is 6.34. The fourth-order valence-corrected chi connectivity index (χ4v) is 3.26. The van der Waals surface area contributed by atoms with Crippen molar-refractivity contribution in [2.45, 2.75) is 20.5 Å². The molecule has 11 heteroatoms. The van der Waals surface area contributed by atoms with Crippen LogP contribution < -0.4 is 21.4 Å². The monoisotopic (exact) mass is 463 g/mol. The average molecular weight is 463 g/mol. The van der Waals surface area contributed by atoms with E-state index < -0.39 is 63.6 Å². The number of esters is 1. The number of carbonyl (C=O) groups is 2. The first-order valence-electron chi connectivity index (χ1n) is 9.58. The van der Waals surface area contributed by atoms with Crippen LogP contribution in [0.2, 0.25) is 0 Å². The van der Waals surface area contributed by atoms with E-state index in [-0.39, 0.29) is 22.7 Å². The van der Waals surface area contributed by atoms with E-state index in [1.165, 1.54) is 17.0 Å². The predicted molar refractivity (Wildman–Crippen MR) is 116 cm³/mol. The molecule has 174 valence electrons. The molecule has 0 spiro atoms. The van der Waals surface area contributed by atoms with Crippen LogP contribution in [0.4, 0.5) is 30.2 Å². The van der Waals surface area contributed by atoms with Crippen LogP contribution in [0.5, 0.6) is 0 Å². The van der Waals surface area contributed by atoms with Crippen molar-refractivity contribution >= 4 is 39.9 Å². The maximum atomic E-state index is 15.1. The number of nitrogens with two attached hydrogens (primary N) is 1. The lowest BCUT2D eigenvalue weighted by molar-refractivity contribution is -0.142. The molecule has 2 aromatic carbocycles. The van der Waals surface area contributed by atoms with Crippen molar-refractivity contribution in [2.24, 2.45) is 0 Å². The van der Waals surface area contributed by atoms with Crippen LogP contribution in [-0.2, 0) is 20.9 Å². The lowest BCUT2D eigenvalue weighted by Gasteiger charge is -2.19. The number of benzene rings is 2. The molecule has 8 nitrogen and oxygen atoms in total. The van der Waals surface area contributed by atoms with Crippen LogP contribution in [0.15, 0.2) is 27.4 Å². The van der Waals surface area contributed by atoms with Gasteiger partial charge in [-0.2, -0.15) is 0 Å². The fraction of sp³-hybridized carbons (Fsp3) is 0.227. The Morgan fingerprint density at radius 3 is 2.36 bits per heavy atom. The molecule has 0 aliphatic heterocycles. The highest BCUT2D eigenvalue weighted by Gasteiger charge is 2.25. The van der Waals surface area contributed by atoms with Crippen LogP contribution in [0.25, 0.3) is 22.3 Å². The zero-order valence-electron chi connectivity index (χ0n) is 18.1. The third-order valence-corrected chi connectivity index (χ3v) is 4.77. The lowest BCUT2D eigenvalue weighted by atomic mass is 10.0. The van der Waals surface area contributed by atoms with E-state index in [9.17, 15) is 18.8 Å². The van der Waals surface area contributed by atoms with Gasteiger partial charge in [0.05, 0.1) is 28.0 Å². The van der Waals surface area contributed by atoms with E-state index in [0.29, 0.717) is 0 Å². The highest BCUT2D eigenvalue weighted by atomic mass is 19.1. The van der Waals surface area contributed by atoms with E-state index in [4.69, 9.17) is 10.2 Å². The number of rotatable bonds is 5. The summed E-state index contributed by atoms with van der Waals surface area (Å²) in [6.45, 7) is 1.42. The molecule has 3 N–H and O–H groups in total. The number of ether oxygens (including phenoxy) is 1. The van der Waals surface area contributed by atoms with Crippen molar-refractivity contribution in [3.8, 4) is 11.3 Å². The third-order valence-electron chi connectivity index (χ3n) is 4.77. The molecular formula is C22H20F3N3O5. The van der Waals surface area contributed by atoms with Crippen molar-refractivity contribution < 1.29 is 31.9 Å². The molecule has 0 fully saturated rings. The van der Waals surface area contributed by atoms with Gasteiger partial charge in [-0.3, -0.25) is 14.4 Å². The Bertz CT molecular complexity index is 1350. The van der Waals surface area contributed by atoms with Gasteiger partial charge in [-0.05, 0) is 12.1 Å². The van der Waals surface area contributed by atoms with Crippen molar-refractivity contribution in [2.75, 3.05) is 30.0 Å². The molecule has 0 bridgehead atoms. The smallest absolute Gasteiger partial charge is 0.302 e. The molecule has 3 aromatic rings. The molecule has 1 heterocycles. The summed E-state index contributed by atoms with van der Waals surface area (Å²) in [6, 6.07) is 3.64. The first-order chi connectivity index (χ1) is 15.4. The van der Waals surface area contributed by atoms with Crippen LogP contribution >= 0.6 is 0 Å². The number of nitrogen functional groups attached to an aromatic ring is 1. The second-order valence-corrected chi connectivity index (χ2v) is 7.38. The van der Waals surface area contributed by atoms with Crippen molar-refractivity contribution in [1.82, 2.24) is 0 Å². The van der Waals surface area contributed by atoms with Crippen molar-refractivity contribution in [3.63, 3.8) is 0 Å². The zero-order valence-corrected chi connectivity index (χ0v) is 18.1. The molecule has 3 rings (SSSR count). The molecular weight excluding hydrogens is 443 g/mol. The Hall–Kier alpha value is -4.02. The van der Waals surface area contributed by atoms with Gasteiger partial charge in [0.1, 0.15) is 12.4 Å². The molecule has 0 unspecified atom stereocenters. The molecule has 0 atom stereocenters. The minimum Gasteiger partial charge on any atom is -0.461 e. The summed E-state index contributed by atoms with van der Waals surface area (Å²) in [4.78, 5) is 36.9. The zero-order chi connectivity index (χ0) is 24.6. The van der Waals surface area contributed by atoms with Crippen LogP contribution in [0.1, 0.15) is 19.4 Å². The average Bonchev–Trinajstić information content (AvgIpc) is 2.72. The Labute approximate surface area is 185 Å². The summed E-state index contributed by atoms with van der Waals surface area (Å²) in [5, 5.41) is 1.78. The fourth-order valence-electron chi connectivity index (χ4n) is 3.26. The molecule has 0 aliphatic carbocycles. The number of hydrogen-bond acceptors (Lipinski definition) is 7. The van der Waals surface area contributed by atoms with Gasteiger partial charge in [0.25, 0.3) is 0 Å². The number of halogens is 3. The summed E-state index contributed by atoms with van der Waals surface area (Å²) in [7, 11) is 3.17. The van der Waals surface area contributed by atoms with Gasteiger partial charge >= 0.3 is 5.97 Å². The van der Waals surface area contributed by atoms with E-state index in [1.54, 1.807) is 14.1 Å². The van der Waals surface area contributed by atoms with Gasteiger partial charge < -0.3 is 25.1 Å². The maximum absolute atomic E-state index is 15.1. The number of nitrogens with zero attached hydrogens (tertiary/aromatic N) is 1. The topological polar surface area (TPSA) is 115 Å². The van der Waals surface area contributed by atoms with Gasteiger partial charge in [0.15, 0.2) is 28.5 Å². The molecule has 1 aromatic heterocycles. The second kappa shape index (κ2) is 8.85. The Balaban J connectivity index is 2.33. The van der Waals surface area contributed by atoms with Crippen molar-refractivity contribution in [3.05, 3.63) is 51.4 Å². The number of hydrogen-bond donors (Lipinski definition) is 2. The number of carbonyl (C=O) groups excluding carboxylic acids is 2. The molecule has 0 aliphatic rings. The van der Waals surface area contributed by atoms with E-state index in [2.05, 4.69) is 10.1 Å². The van der Waals surface area contributed by atoms with Gasteiger partial charge in [0.2, 0.25) is 5.91 Å². The number of anilines is 3. The lowest BCUT2D eigenvalue weighted by Crippen LogP contribution is -2.15. The molecule has 0 saturated carbocycles. The Morgan fingerprint density at radius 1 is 1.12 bits per heavy atom. The van der Waals surface area contributed by atoms with Crippen LogP contribution in [-0.4, -0.2) is 26.0 Å². The minimum atomic E-state index is -1.30. The van der Waals surface area contributed by atoms with Gasteiger partial charge in [-0.15, -0.1) is 0 Å². The first-order valence-corrected chi connectivity index (χ1v) is 9.58. The maximum Gasteiger partial charge on any atom is 0.302 e. The highest BCUT2D eigenvalue weighted by Crippen LogP contribution is 2.37. The van der Waals surface area contributed by atoms with E-state index in [0.717, 1.165) is 19.9 Å². The summed E-state index contributed by atoms with van der Waals surface area (Å²) < 4.78 is 55.0. The molecule has 0 radical (unpaired) electrons. The number of nitrogens with one attached hydrogen (secondary N) is 1. The summed E-state index contributed by atoms with van der Waals surface area (Å²) in [5.41, 5.74) is 2.46. The van der Waals surface area contributed by atoms with Crippen LogP contribution in [0, 0.1) is 17.5 Å².